The number of rotatable bonds is 2. The van der Waals surface area contributed by atoms with Gasteiger partial charge in [-0.05, 0) is 42.5 Å². The largest absolute Gasteiger partial charge is 0.478 e. The maximum absolute atomic E-state index is 12.5. The van der Waals surface area contributed by atoms with Gasteiger partial charge in [-0.1, -0.05) is 6.07 Å². The molecule has 2 aromatic heterocycles. The number of nitrogens with one attached hydrogen (secondary N) is 1. The van der Waals surface area contributed by atoms with Gasteiger partial charge in [0.1, 0.15) is 5.82 Å². The Morgan fingerprint density at radius 3 is 2.76 bits per heavy atom. The Balaban J connectivity index is 2.36. The van der Waals surface area contributed by atoms with E-state index >= 15 is 0 Å². The Morgan fingerprint density at radius 1 is 1.29 bits per heavy atom. The van der Waals surface area contributed by atoms with Gasteiger partial charge in [0, 0.05) is 6.20 Å². The molecule has 104 valence electrons. The molecule has 0 radical (unpaired) electrons. The SMILES string of the molecule is O=C(O)c1ccc2c(=O)n(-c3ccccn3)c(=S)[nH]c2c1. The number of hydrogen-bond acceptors (Lipinski definition) is 4. The zero-order valence-corrected chi connectivity index (χ0v) is 11.4. The van der Waals surface area contributed by atoms with Crippen molar-refractivity contribution in [1.29, 1.82) is 0 Å². The van der Waals surface area contributed by atoms with Crippen molar-refractivity contribution in [2.75, 3.05) is 0 Å². The number of carboxylic acid groups (broad SMARTS) is 1. The van der Waals surface area contributed by atoms with Gasteiger partial charge in [-0.2, -0.15) is 0 Å². The molecule has 2 heterocycles. The van der Waals surface area contributed by atoms with E-state index in [0.717, 1.165) is 0 Å². The molecule has 0 bridgehead atoms. The summed E-state index contributed by atoms with van der Waals surface area (Å²) in [6, 6.07) is 9.39. The molecule has 21 heavy (non-hydrogen) atoms. The number of fused-ring (bicyclic) bond motifs is 1. The molecular weight excluding hydrogens is 290 g/mol. The molecular formula is C14H9N3O3S. The lowest BCUT2D eigenvalue weighted by Crippen LogP contribution is -2.21. The van der Waals surface area contributed by atoms with Crippen LogP contribution in [0.15, 0.2) is 47.4 Å². The number of aromatic carboxylic acids is 1. The predicted octanol–water partition coefficient (Wildman–Crippen LogP) is 2.14. The zero-order valence-electron chi connectivity index (χ0n) is 10.6. The average molecular weight is 299 g/mol. The summed E-state index contributed by atoms with van der Waals surface area (Å²) >= 11 is 5.18. The van der Waals surface area contributed by atoms with Crippen LogP contribution in [0.1, 0.15) is 10.4 Å². The second-order valence-electron chi connectivity index (χ2n) is 4.32. The lowest BCUT2D eigenvalue weighted by atomic mass is 10.1. The lowest BCUT2D eigenvalue weighted by Gasteiger charge is -2.07. The number of hydrogen-bond donors (Lipinski definition) is 2. The molecule has 1 aromatic carbocycles. The van der Waals surface area contributed by atoms with Crippen LogP contribution < -0.4 is 5.56 Å². The first-order valence-electron chi connectivity index (χ1n) is 6.02. The Bertz CT molecular complexity index is 961. The van der Waals surface area contributed by atoms with Crippen LogP contribution in [0.25, 0.3) is 16.7 Å². The fraction of sp³-hybridized carbons (Fsp3) is 0. The molecule has 0 atom stereocenters. The molecule has 0 saturated carbocycles. The molecule has 6 nitrogen and oxygen atoms in total. The molecule has 3 rings (SSSR count). The van der Waals surface area contributed by atoms with Crippen LogP contribution in [-0.2, 0) is 0 Å². The molecule has 3 aromatic rings. The van der Waals surface area contributed by atoms with Crippen LogP contribution >= 0.6 is 12.2 Å². The van der Waals surface area contributed by atoms with Crippen molar-refractivity contribution < 1.29 is 9.90 Å². The number of carboxylic acids is 1. The summed E-state index contributed by atoms with van der Waals surface area (Å²) in [7, 11) is 0. The second-order valence-corrected chi connectivity index (χ2v) is 4.71. The van der Waals surface area contributed by atoms with Gasteiger partial charge in [0.05, 0.1) is 16.5 Å². The van der Waals surface area contributed by atoms with E-state index in [1.807, 2.05) is 0 Å². The van der Waals surface area contributed by atoms with E-state index in [9.17, 15) is 9.59 Å². The van der Waals surface area contributed by atoms with E-state index in [1.165, 1.54) is 22.8 Å². The van der Waals surface area contributed by atoms with Crippen molar-refractivity contribution in [1.82, 2.24) is 14.5 Å². The number of pyridine rings is 1. The predicted molar refractivity (Wildman–Crippen MR) is 79.5 cm³/mol. The molecule has 0 fully saturated rings. The van der Waals surface area contributed by atoms with Crippen LogP contribution in [0, 0.1) is 4.77 Å². The van der Waals surface area contributed by atoms with Gasteiger partial charge in [0.25, 0.3) is 5.56 Å². The highest BCUT2D eigenvalue weighted by molar-refractivity contribution is 7.71. The van der Waals surface area contributed by atoms with Gasteiger partial charge in [-0.25, -0.2) is 14.3 Å². The third kappa shape index (κ3) is 2.23. The highest BCUT2D eigenvalue weighted by Crippen LogP contribution is 2.12. The molecule has 0 aliphatic rings. The quantitative estimate of drug-likeness (QED) is 0.708. The number of benzene rings is 1. The monoisotopic (exact) mass is 299 g/mol. The molecule has 7 heteroatoms. The van der Waals surface area contributed by atoms with Crippen LogP contribution in [0.5, 0.6) is 0 Å². The third-order valence-electron chi connectivity index (χ3n) is 3.02. The first kappa shape index (κ1) is 13.2. The second kappa shape index (κ2) is 4.95. The topological polar surface area (TPSA) is 88.0 Å². The van der Waals surface area contributed by atoms with Gasteiger partial charge in [-0.15, -0.1) is 0 Å². The number of H-pyrrole nitrogens is 1. The number of aromatic amines is 1. The fourth-order valence-electron chi connectivity index (χ4n) is 2.05. The molecule has 0 aliphatic carbocycles. The summed E-state index contributed by atoms with van der Waals surface area (Å²) < 4.78 is 1.44. The summed E-state index contributed by atoms with van der Waals surface area (Å²) in [5.74, 6) is -0.655. The van der Waals surface area contributed by atoms with Crippen LogP contribution in [-0.4, -0.2) is 25.6 Å². The van der Waals surface area contributed by atoms with Gasteiger partial charge in [0.15, 0.2) is 4.77 Å². The molecule has 2 N–H and O–H groups in total. The zero-order chi connectivity index (χ0) is 15.0. The Kier molecular flexibility index (Phi) is 3.11. The van der Waals surface area contributed by atoms with Crippen molar-refractivity contribution in [3.8, 4) is 5.82 Å². The summed E-state index contributed by atoms with van der Waals surface area (Å²) in [5.41, 5.74) is 0.129. The smallest absolute Gasteiger partial charge is 0.335 e. The number of aromatic nitrogens is 3. The normalized spacial score (nSPS) is 10.7. The van der Waals surface area contributed by atoms with Crippen LogP contribution in [0.3, 0.4) is 0 Å². The first-order chi connectivity index (χ1) is 10.1. The van der Waals surface area contributed by atoms with Gasteiger partial charge < -0.3 is 10.1 Å². The minimum absolute atomic E-state index is 0.0862. The summed E-state index contributed by atoms with van der Waals surface area (Å²) in [4.78, 5) is 30.5. The van der Waals surface area contributed by atoms with E-state index in [-0.39, 0.29) is 15.9 Å². The van der Waals surface area contributed by atoms with Gasteiger partial charge in [-0.3, -0.25) is 4.79 Å². The minimum atomic E-state index is -1.06. The number of nitrogens with zero attached hydrogens (tertiary/aromatic N) is 2. The Labute approximate surface area is 123 Å². The van der Waals surface area contributed by atoms with Crippen molar-refractivity contribution in [2.45, 2.75) is 0 Å². The average Bonchev–Trinajstić information content (AvgIpc) is 2.47. The summed E-state index contributed by atoms with van der Waals surface area (Å²) in [6.07, 6.45) is 1.56. The Morgan fingerprint density at radius 2 is 2.10 bits per heavy atom. The first-order valence-corrected chi connectivity index (χ1v) is 6.42. The molecule has 0 saturated heterocycles. The van der Waals surface area contributed by atoms with Crippen molar-refractivity contribution in [2.24, 2.45) is 0 Å². The standard InChI is InChI=1S/C14H9N3O3S/c18-12-9-5-4-8(13(19)20)7-10(9)16-14(21)17(12)11-3-1-2-6-15-11/h1-7H,(H,16,21)(H,19,20). The van der Waals surface area contributed by atoms with Crippen molar-refractivity contribution >= 4 is 29.1 Å². The molecule has 0 amide bonds. The van der Waals surface area contributed by atoms with Gasteiger partial charge in [0.2, 0.25) is 0 Å². The molecule has 0 unspecified atom stereocenters. The highest BCUT2D eigenvalue weighted by atomic mass is 32.1. The van der Waals surface area contributed by atoms with Crippen LogP contribution in [0.4, 0.5) is 0 Å². The Hall–Kier alpha value is -2.80. The fourth-order valence-corrected chi connectivity index (χ4v) is 2.33. The summed E-state index contributed by atoms with van der Waals surface area (Å²) in [6.45, 7) is 0. The maximum Gasteiger partial charge on any atom is 0.335 e. The highest BCUT2D eigenvalue weighted by Gasteiger charge is 2.10. The maximum atomic E-state index is 12.5. The van der Waals surface area contributed by atoms with E-state index in [1.54, 1.807) is 24.4 Å². The third-order valence-corrected chi connectivity index (χ3v) is 3.31. The van der Waals surface area contributed by atoms with E-state index in [0.29, 0.717) is 16.7 Å². The lowest BCUT2D eigenvalue weighted by molar-refractivity contribution is 0.0697. The number of carbonyl (C=O) groups is 1. The van der Waals surface area contributed by atoms with E-state index in [2.05, 4.69) is 9.97 Å². The molecule has 0 aliphatic heterocycles. The minimum Gasteiger partial charge on any atom is -0.478 e. The summed E-state index contributed by atoms with van der Waals surface area (Å²) in [5, 5.41) is 9.33. The van der Waals surface area contributed by atoms with E-state index < -0.39 is 5.97 Å². The molecule has 0 spiro atoms. The van der Waals surface area contributed by atoms with Crippen molar-refractivity contribution in [3.05, 3.63) is 63.3 Å². The van der Waals surface area contributed by atoms with Gasteiger partial charge >= 0.3 is 5.97 Å². The van der Waals surface area contributed by atoms with Crippen molar-refractivity contribution in [3.63, 3.8) is 0 Å². The van der Waals surface area contributed by atoms with Crippen LogP contribution in [0.2, 0.25) is 0 Å². The van der Waals surface area contributed by atoms with E-state index in [4.69, 9.17) is 17.3 Å².